The number of carbonyl (C=O) groups excluding carboxylic acids is 1. The predicted molar refractivity (Wildman–Crippen MR) is 92.9 cm³/mol. The minimum Gasteiger partial charge on any atom is -0.497 e. The Kier molecular flexibility index (Phi) is 4.27. The standard InChI is InChI=1S/C17H22N6O2/c1-25-12-2-5-19-15(10-12)22-6-8-23(9-7-22)17(24)16-13-11-18-4-3-14(13)20-21-16/h2,5,10,18H,3-4,6-9,11H2,1H3,(H,20,21). The number of carbonyl (C=O) groups is 1. The van der Waals surface area contributed by atoms with E-state index < -0.39 is 0 Å². The number of anilines is 1. The maximum Gasteiger partial charge on any atom is 0.274 e. The van der Waals surface area contributed by atoms with Crippen LogP contribution >= 0.6 is 0 Å². The van der Waals surface area contributed by atoms with Crippen LogP contribution in [-0.4, -0.2) is 65.8 Å². The number of hydrogen-bond acceptors (Lipinski definition) is 6. The van der Waals surface area contributed by atoms with Gasteiger partial charge in [0.05, 0.1) is 7.11 Å². The summed E-state index contributed by atoms with van der Waals surface area (Å²) in [4.78, 5) is 21.3. The van der Waals surface area contributed by atoms with Crippen LogP contribution < -0.4 is 15.0 Å². The maximum absolute atomic E-state index is 12.8. The lowest BCUT2D eigenvalue weighted by molar-refractivity contribution is 0.0739. The van der Waals surface area contributed by atoms with Crippen LogP contribution in [0.3, 0.4) is 0 Å². The molecule has 0 unspecified atom stereocenters. The normalized spacial score (nSPS) is 17.3. The lowest BCUT2D eigenvalue weighted by atomic mass is 10.1. The number of nitrogens with one attached hydrogen (secondary N) is 2. The maximum atomic E-state index is 12.8. The van der Waals surface area contributed by atoms with Gasteiger partial charge in [0.1, 0.15) is 11.6 Å². The average molecular weight is 342 g/mol. The van der Waals surface area contributed by atoms with E-state index in [2.05, 4.69) is 25.4 Å². The van der Waals surface area contributed by atoms with E-state index in [0.717, 1.165) is 48.9 Å². The number of aromatic nitrogens is 3. The molecule has 8 nitrogen and oxygen atoms in total. The molecule has 0 spiro atoms. The van der Waals surface area contributed by atoms with Crippen LogP contribution in [-0.2, 0) is 13.0 Å². The fraction of sp³-hybridized carbons (Fsp3) is 0.471. The molecular weight excluding hydrogens is 320 g/mol. The van der Waals surface area contributed by atoms with Crippen molar-refractivity contribution in [1.82, 2.24) is 25.4 Å². The van der Waals surface area contributed by atoms with E-state index in [0.29, 0.717) is 25.3 Å². The molecule has 4 rings (SSSR count). The zero-order chi connectivity index (χ0) is 17.2. The topological polar surface area (TPSA) is 86.4 Å². The fourth-order valence-electron chi connectivity index (χ4n) is 3.39. The van der Waals surface area contributed by atoms with Crippen molar-refractivity contribution in [2.24, 2.45) is 0 Å². The van der Waals surface area contributed by atoms with E-state index in [1.807, 2.05) is 17.0 Å². The van der Waals surface area contributed by atoms with Crippen LogP contribution in [0.1, 0.15) is 21.7 Å². The van der Waals surface area contributed by atoms with E-state index in [4.69, 9.17) is 4.74 Å². The number of pyridine rings is 1. The van der Waals surface area contributed by atoms with Crippen LogP contribution in [0, 0.1) is 0 Å². The number of H-pyrrole nitrogens is 1. The number of piperazine rings is 1. The summed E-state index contributed by atoms with van der Waals surface area (Å²) in [6, 6.07) is 3.76. The molecule has 2 aromatic rings. The van der Waals surface area contributed by atoms with Gasteiger partial charge in [-0.15, -0.1) is 0 Å². The average Bonchev–Trinajstić information content (AvgIpc) is 3.12. The van der Waals surface area contributed by atoms with Crippen molar-refractivity contribution < 1.29 is 9.53 Å². The third kappa shape index (κ3) is 3.05. The van der Waals surface area contributed by atoms with Crippen molar-refractivity contribution >= 4 is 11.7 Å². The SMILES string of the molecule is COc1ccnc(N2CCN(C(=O)c3n[nH]c4c3CNCC4)CC2)c1. The Morgan fingerprint density at radius 3 is 2.92 bits per heavy atom. The van der Waals surface area contributed by atoms with Crippen molar-refractivity contribution in [1.29, 1.82) is 0 Å². The van der Waals surface area contributed by atoms with Gasteiger partial charge in [-0.1, -0.05) is 0 Å². The molecule has 0 aliphatic carbocycles. The lowest BCUT2D eigenvalue weighted by Gasteiger charge is -2.35. The molecule has 8 heteroatoms. The Labute approximate surface area is 146 Å². The largest absolute Gasteiger partial charge is 0.497 e. The molecule has 0 bridgehead atoms. The van der Waals surface area contributed by atoms with Crippen molar-refractivity contribution in [3.63, 3.8) is 0 Å². The van der Waals surface area contributed by atoms with Crippen molar-refractivity contribution in [2.45, 2.75) is 13.0 Å². The minimum atomic E-state index is 0.0134. The molecule has 1 saturated heterocycles. The molecule has 1 fully saturated rings. The van der Waals surface area contributed by atoms with Crippen LogP contribution in [0.5, 0.6) is 5.75 Å². The van der Waals surface area contributed by atoms with E-state index in [9.17, 15) is 4.79 Å². The molecule has 4 heterocycles. The predicted octanol–water partition coefficient (Wildman–Crippen LogP) is 0.421. The number of amides is 1. The smallest absolute Gasteiger partial charge is 0.274 e. The molecule has 132 valence electrons. The number of nitrogens with zero attached hydrogens (tertiary/aromatic N) is 4. The number of ether oxygens (including phenoxy) is 1. The van der Waals surface area contributed by atoms with Gasteiger partial charge in [-0.3, -0.25) is 9.89 Å². The summed E-state index contributed by atoms with van der Waals surface area (Å²) in [5.74, 6) is 1.69. The van der Waals surface area contributed by atoms with Gasteiger partial charge < -0.3 is 19.9 Å². The lowest BCUT2D eigenvalue weighted by Crippen LogP contribution is -2.49. The van der Waals surface area contributed by atoms with Gasteiger partial charge in [0, 0.05) is 69.2 Å². The second-order valence-electron chi connectivity index (χ2n) is 6.29. The van der Waals surface area contributed by atoms with E-state index >= 15 is 0 Å². The van der Waals surface area contributed by atoms with Crippen LogP contribution in [0.15, 0.2) is 18.3 Å². The summed E-state index contributed by atoms with van der Waals surface area (Å²) in [5, 5.41) is 10.6. The van der Waals surface area contributed by atoms with Crippen LogP contribution in [0.2, 0.25) is 0 Å². The highest BCUT2D eigenvalue weighted by Gasteiger charge is 2.28. The van der Waals surface area contributed by atoms with Crippen LogP contribution in [0.25, 0.3) is 0 Å². The number of aromatic amines is 1. The molecule has 2 aliphatic rings. The van der Waals surface area contributed by atoms with E-state index in [1.54, 1.807) is 13.3 Å². The van der Waals surface area contributed by atoms with Crippen molar-refractivity contribution in [3.8, 4) is 5.75 Å². The zero-order valence-electron chi connectivity index (χ0n) is 14.3. The molecule has 25 heavy (non-hydrogen) atoms. The molecule has 0 atom stereocenters. The summed E-state index contributed by atoms with van der Waals surface area (Å²) in [6.07, 6.45) is 2.64. The Bertz CT molecular complexity index is 766. The Morgan fingerprint density at radius 2 is 2.12 bits per heavy atom. The number of fused-ring (bicyclic) bond motifs is 1. The second-order valence-corrected chi connectivity index (χ2v) is 6.29. The first-order valence-electron chi connectivity index (χ1n) is 8.57. The molecule has 2 N–H and O–H groups in total. The molecule has 1 amide bonds. The first-order valence-corrected chi connectivity index (χ1v) is 8.57. The van der Waals surface area contributed by atoms with E-state index in [1.165, 1.54) is 0 Å². The third-order valence-corrected chi connectivity index (χ3v) is 4.85. The Balaban J connectivity index is 1.43. The molecule has 2 aliphatic heterocycles. The summed E-state index contributed by atoms with van der Waals surface area (Å²) < 4.78 is 5.26. The first-order chi connectivity index (χ1) is 12.3. The van der Waals surface area contributed by atoms with Gasteiger partial charge in [-0.05, 0) is 6.07 Å². The van der Waals surface area contributed by atoms with Gasteiger partial charge in [0.2, 0.25) is 0 Å². The van der Waals surface area contributed by atoms with Gasteiger partial charge in [-0.2, -0.15) is 5.10 Å². The second kappa shape index (κ2) is 6.72. The molecular formula is C17H22N6O2. The zero-order valence-corrected chi connectivity index (χ0v) is 14.3. The number of rotatable bonds is 3. The first kappa shape index (κ1) is 15.9. The van der Waals surface area contributed by atoms with Gasteiger partial charge in [0.15, 0.2) is 5.69 Å². The minimum absolute atomic E-state index is 0.0134. The molecule has 0 saturated carbocycles. The van der Waals surface area contributed by atoms with Gasteiger partial charge in [0.25, 0.3) is 5.91 Å². The van der Waals surface area contributed by atoms with E-state index in [-0.39, 0.29) is 5.91 Å². The highest BCUT2D eigenvalue weighted by molar-refractivity contribution is 5.94. The quantitative estimate of drug-likeness (QED) is 0.841. The van der Waals surface area contributed by atoms with Crippen LogP contribution in [0.4, 0.5) is 5.82 Å². The monoisotopic (exact) mass is 342 g/mol. The van der Waals surface area contributed by atoms with Gasteiger partial charge >= 0.3 is 0 Å². The van der Waals surface area contributed by atoms with Crippen molar-refractivity contribution in [2.75, 3.05) is 44.7 Å². The third-order valence-electron chi connectivity index (χ3n) is 4.85. The summed E-state index contributed by atoms with van der Waals surface area (Å²) in [6.45, 7) is 4.45. The van der Waals surface area contributed by atoms with Crippen molar-refractivity contribution in [3.05, 3.63) is 35.3 Å². The summed E-state index contributed by atoms with van der Waals surface area (Å²) in [5.41, 5.74) is 2.67. The summed E-state index contributed by atoms with van der Waals surface area (Å²) >= 11 is 0. The highest BCUT2D eigenvalue weighted by atomic mass is 16.5. The Morgan fingerprint density at radius 1 is 1.28 bits per heavy atom. The summed E-state index contributed by atoms with van der Waals surface area (Å²) in [7, 11) is 1.65. The molecule has 0 radical (unpaired) electrons. The highest BCUT2D eigenvalue weighted by Crippen LogP contribution is 2.21. The molecule has 2 aromatic heterocycles. The molecule has 0 aromatic carbocycles. The number of hydrogen-bond donors (Lipinski definition) is 2. The Hall–Kier alpha value is -2.61. The van der Waals surface area contributed by atoms with Gasteiger partial charge in [-0.25, -0.2) is 4.98 Å². The number of methoxy groups -OCH3 is 1. The fourth-order valence-corrected chi connectivity index (χ4v) is 3.39.